The van der Waals surface area contributed by atoms with Gasteiger partial charge in [0.05, 0.1) is 0 Å². The van der Waals surface area contributed by atoms with Crippen molar-refractivity contribution in [1.29, 1.82) is 0 Å². The Morgan fingerprint density at radius 2 is 1.43 bits per heavy atom. The molecule has 0 aliphatic heterocycles. The second-order valence-corrected chi connectivity index (χ2v) is 7.50. The molecule has 0 spiro atoms. The van der Waals surface area contributed by atoms with Gasteiger partial charge < -0.3 is 0 Å². The SMILES string of the molecule is CC(C)(C)C(=O)/C=C(/CC(=O)C(C)(C)C)c1ccccc1. The standard InChI is InChI=1S/C19H26O2/c1-18(2,3)16(20)12-15(13-17(21)19(4,5)6)14-10-8-7-9-11-14/h7-12H,13H2,1-6H3/b15-12-. The fourth-order valence-corrected chi connectivity index (χ4v) is 1.70. The molecule has 0 bridgehead atoms. The van der Waals surface area contributed by atoms with Gasteiger partial charge in [-0.3, -0.25) is 9.59 Å². The molecule has 1 aromatic carbocycles. The molecule has 0 aliphatic rings. The van der Waals surface area contributed by atoms with Gasteiger partial charge in [-0.15, -0.1) is 0 Å². The summed E-state index contributed by atoms with van der Waals surface area (Å²) in [5.41, 5.74) is 0.895. The lowest BCUT2D eigenvalue weighted by Crippen LogP contribution is -2.21. The first-order valence-corrected chi connectivity index (χ1v) is 7.35. The highest BCUT2D eigenvalue weighted by Gasteiger charge is 2.25. The van der Waals surface area contributed by atoms with E-state index in [1.54, 1.807) is 6.08 Å². The lowest BCUT2D eigenvalue weighted by atomic mass is 9.83. The predicted octanol–water partition coefficient (Wildman–Crippen LogP) is 4.69. The van der Waals surface area contributed by atoms with Crippen LogP contribution < -0.4 is 0 Å². The monoisotopic (exact) mass is 286 g/mol. The molecule has 2 nitrogen and oxygen atoms in total. The molecule has 0 unspecified atom stereocenters. The number of benzene rings is 1. The van der Waals surface area contributed by atoms with Crippen LogP contribution in [0, 0.1) is 10.8 Å². The van der Waals surface area contributed by atoms with Crippen LogP contribution in [0.2, 0.25) is 0 Å². The molecule has 2 heteroatoms. The molecule has 0 fully saturated rings. The van der Waals surface area contributed by atoms with Crippen molar-refractivity contribution in [1.82, 2.24) is 0 Å². The van der Waals surface area contributed by atoms with Crippen molar-refractivity contribution >= 4 is 17.1 Å². The number of rotatable bonds is 4. The Bertz CT molecular complexity index is 537. The van der Waals surface area contributed by atoms with Crippen LogP contribution >= 0.6 is 0 Å². The summed E-state index contributed by atoms with van der Waals surface area (Å²) in [5.74, 6) is 0.183. The van der Waals surface area contributed by atoms with E-state index in [1.807, 2.05) is 71.9 Å². The number of carbonyl (C=O) groups is 2. The zero-order chi connectivity index (χ0) is 16.3. The van der Waals surface area contributed by atoms with Gasteiger partial charge in [0.15, 0.2) is 5.78 Å². The molecule has 0 aromatic heterocycles. The van der Waals surface area contributed by atoms with Crippen molar-refractivity contribution < 1.29 is 9.59 Å². The van der Waals surface area contributed by atoms with E-state index < -0.39 is 10.8 Å². The third-order valence-electron chi connectivity index (χ3n) is 3.38. The first-order chi connectivity index (χ1) is 9.51. The van der Waals surface area contributed by atoms with Crippen LogP contribution in [-0.4, -0.2) is 11.6 Å². The van der Waals surface area contributed by atoms with E-state index in [0.717, 1.165) is 11.1 Å². The average Bonchev–Trinajstić information content (AvgIpc) is 2.36. The first kappa shape index (κ1) is 17.4. The molecule has 0 radical (unpaired) electrons. The van der Waals surface area contributed by atoms with Crippen molar-refractivity contribution in [2.45, 2.75) is 48.0 Å². The number of allylic oxidation sites excluding steroid dienone is 2. The number of carbonyl (C=O) groups excluding carboxylic acids is 2. The first-order valence-electron chi connectivity index (χ1n) is 7.35. The topological polar surface area (TPSA) is 34.1 Å². The minimum atomic E-state index is -0.440. The van der Waals surface area contributed by atoms with Gasteiger partial charge in [0, 0.05) is 17.3 Å². The minimum Gasteiger partial charge on any atom is -0.299 e. The minimum absolute atomic E-state index is 0.0445. The van der Waals surface area contributed by atoms with Gasteiger partial charge in [-0.25, -0.2) is 0 Å². The second-order valence-electron chi connectivity index (χ2n) is 7.50. The molecule has 0 saturated carbocycles. The van der Waals surface area contributed by atoms with Gasteiger partial charge in [-0.05, 0) is 17.2 Å². The fourth-order valence-electron chi connectivity index (χ4n) is 1.70. The van der Waals surface area contributed by atoms with Crippen LogP contribution in [0.5, 0.6) is 0 Å². The van der Waals surface area contributed by atoms with Crippen molar-refractivity contribution in [3.63, 3.8) is 0 Å². The summed E-state index contributed by atoms with van der Waals surface area (Å²) in [6.07, 6.45) is 1.92. The van der Waals surface area contributed by atoms with E-state index >= 15 is 0 Å². The van der Waals surface area contributed by atoms with Gasteiger partial charge in [0.1, 0.15) is 5.78 Å². The van der Waals surface area contributed by atoms with E-state index in [0.29, 0.717) is 0 Å². The molecular weight excluding hydrogens is 260 g/mol. The summed E-state index contributed by atoms with van der Waals surface area (Å²) in [7, 11) is 0. The molecule has 0 heterocycles. The summed E-state index contributed by atoms with van der Waals surface area (Å²) < 4.78 is 0. The van der Waals surface area contributed by atoms with Crippen LogP contribution in [0.15, 0.2) is 36.4 Å². The van der Waals surface area contributed by atoms with E-state index in [9.17, 15) is 9.59 Å². The maximum atomic E-state index is 12.3. The zero-order valence-electron chi connectivity index (χ0n) is 14.0. The summed E-state index contributed by atoms with van der Waals surface area (Å²) in [5, 5.41) is 0. The van der Waals surface area contributed by atoms with E-state index in [-0.39, 0.29) is 18.0 Å². The van der Waals surface area contributed by atoms with Crippen LogP contribution in [-0.2, 0) is 9.59 Å². The third-order valence-corrected chi connectivity index (χ3v) is 3.38. The molecule has 0 saturated heterocycles. The molecule has 0 aliphatic carbocycles. The molecule has 0 amide bonds. The quantitative estimate of drug-likeness (QED) is 0.752. The predicted molar refractivity (Wildman–Crippen MR) is 88.0 cm³/mol. The molecular formula is C19H26O2. The Balaban J connectivity index is 3.17. The Hall–Kier alpha value is -1.70. The van der Waals surface area contributed by atoms with Crippen LogP contribution in [0.25, 0.3) is 5.57 Å². The summed E-state index contributed by atoms with van der Waals surface area (Å²) >= 11 is 0. The Morgan fingerprint density at radius 1 is 0.905 bits per heavy atom. The summed E-state index contributed by atoms with van der Waals surface area (Å²) in [6.45, 7) is 11.4. The highest BCUT2D eigenvalue weighted by Crippen LogP contribution is 2.27. The lowest BCUT2D eigenvalue weighted by molar-refractivity contribution is -0.125. The Morgan fingerprint density at radius 3 is 1.86 bits per heavy atom. The molecule has 1 aromatic rings. The summed E-state index contributed by atoms with van der Waals surface area (Å²) in [6, 6.07) is 9.66. The number of hydrogen-bond donors (Lipinski definition) is 0. The average molecular weight is 286 g/mol. The molecule has 21 heavy (non-hydrogen) atoms. The Labute approximate surface area is 128 Å². The van der Waals surface area contributed by atoms with E-state index in [1.165, 1.54) is 0 Å². The smallest absolute Gasteiger partial charge is 0.161 e. The molecule has 114 valence electrons. The highest BCUT2D eigenvalue weighted by atomic mass is 16.1. The molecule has 0 N–H and O–H groups in total. The summed E-state index contributed by atoms with van der Waals surface area (Å²) in [4.78, 5) is 24.6. The number of hydrogen-bond acceptors (Lipinski definition) is 2. The third kappa shape index (κ3) is 5.30. The van der Waals surface area contributed by atoms with Gasteiger partial charge in [-0.2, -0.15) is 0 Å². The van der Waals surface area contributed by atoms with E-state index in [2.05, 4.69) is 0 Å². The van der Waals surface area contributed by atoms with Gasteiger partial charge in [0.2, 0.25) is 0 Å². The number of Topliss-reactive ketones (excluding diaryl/α,β-unsaturated/α-hetero) is 1. The molecule has 1 rings (SSSR count). The van der Waals surface area contributed by atoms with Crippen molar-refractivity contribution in [2.75, 3.05) is 0 Å². The van der Waals surface area contributed by atoms with Crippen LogP contribution in [0.3, 0.4) is 0 Å². The maximum absolute atomic E-state index is 12.3. The van der Waals surface area contributed by atoms with E-state index in [4.69, 9.17) is 0 Å². The van der Waals surface area contributed by atoms with Crippen molar-refractivity contribution in [3.8, 4) is 0 Å². The van der Waals surface area contributed by atoms with Crippen LogP contribution in [0.4, 0.5) is 0 Å². The van der Waals surface area contributed by atoms with Gasteiger partial charge in [0.25, 0.3) is 0 Å². The number of ketones is 2. The van der Waals surface area contributed by atoms with Crippen LogP contribution in [0.1, 0.15) is 53.5 Å². The van der Waals surface area contributed by atoms with Gasteiger partial charge >= 0.3 is 0 Å². The lowest BCUT2D eigenvalue weighted by Gasteiger charge is -2.19. The Kier molecular flexibility index (Phi) is 5.27. The molecule has 0 atom stereocenters. The largest absolute Gasteiger partial charge is 0.299 e. The zero-order valence-corrected chi connectivity index (χ0v) is 14.0. The van der Waals surface area contributed by atoms with Gasteiger partial charge in [-0.1, -0.05) is 71.9 Å². The second kappa shape index (κ2) is 6.38. The van der Waals surface area contributed by atoms with Crippen molar-refractivity contribution in [3.05, 3.63) is 42.0 Å². The normalized spacial score (nSPS) is 13.1. The van der Waals surface area contributed by atoms with Crippen molar-refractivity contribution in [2.24, 2.45) is 10.8 Å². The maximum Gasteiger partial charge on any atom is 0.161 e. The fraction of sp³-hybridized carbons (Fsp3) is 0.474. The highest BCUT2D eigenvalue weighted by molar-refractivity contribution is 6.03.